The standard InChI is InChI=1S/C21H22N2O4/c1-22(2)17-9-5-3-8-15(17)19(24)23-11-16-14-7-4-6-10-18(14)27-13-21(16,12-23)20(25)26/h3-10,16H,11-13H2,1-2H3,(H,25,26)/t16-,21-/m0/s1. The van der Waals surface area contributed by atoms with Crippen molar-refractivity contribution >= 4 is 17.6 Å². The van der Waals surface area contributed by atoms with Gasteiger partial charge in [-0.2, -0.15) is 0 Å². The average molecular weight is 366 g/mol. The molecule has 2 aromatic carbocycles. The summed E-state index contributed by atoms with van der Waals surface area (Å²) in [5.41, 5.74) is 1.15. The number of nitrogens with zero attached hydrogens (tertiary/aromatic N) is 2. The number of aliphatic carboxylic acids is 1. The van der Waals surface area contributed by atoms with Gasteiger partial charge < -0.3 is 19.6 Å². The summed E-state index contributed by atoms with van der Waals surface area (Å²) in [7, 11) is 3.78. The number of carbonyl (C=O) groups excluding carboxylic acids is 1. The van der Waals surface area contributed by atoms with Crippen molar-refractivity contribution in [2.24, 2.45) is 5.41 Å². The molecule has 0 aromatic heterocycles. The summed E-state index contributed by atoms with van der Waals surface area (Å²) in [6.07, 6.45) is 0. The summed E-state index contributed by atoms with van der Waals surface area (Å²) in [5.74, 6) is -0.636. The molecule has 2 atom stereocenters. The molecule has 0 unspecified atom stereocenters. The zero-order valence-electron chi connectivity index (χ0n) is 15.4. The van der Waals surface area contributed by atoms with Crippen LogP contribution >= 0.6 is 0 Å². The van der Waals surface area contributed by atoms with Crippen LogP contribution in [-0.4, -0.2) is 55.7 Å². The molecule has 1 amide bonds. The van der Waals surface area contributed by atoms with Crippen molar-refractivity contribution in [2.75, 3.05) is 38.7 Å². The third-order valence-corrected chi connectivity index (χ3v) is 5.65. The van der Waals surface area contributed by atoms with E-state index >= 15 is 0 Å². The summed E-state index contributed by atoms with van der Waals surface area (Å²) in [4.78, 5) is 29.0. The fraction of sp³-hybridized carbons (Fsp3) is 0.333. The van der Waals surface area contributed by atoms with Gasteiger partial charge in [0, 0.05) is 44.4 Å². The van der Waals surface area contributed by atoms with Crippen LogP contribution in [0.15, 0.2) is 48.5 Å². The van der Waals surface area contributed by atoms with Crippen molar-refractivity contribution in [3.05, 3.63) is 59.7 Å². The number of carboxylic acids is 1. The highest BCUT2D eigenvalue weighted by Gasteiger charge is 2.57. The molecule has 2 aliphatic rings. The Balaban J connectivity index is 1.72. The SMILES string of the molecule is CN(C)c1ccccc1C(=O)N1C[C@H]2c3ccccc3OC[C@@]2(C(=O)O)C1. The summed E-state index contributed by atoms with van der Waals surface area (Å²) in [5, 5.41) is 10.0. The van der Waals surface area contributed by atoms with E-state index in [1.807, 2.05) is 61.5 Å². The third-order valence-electron chi connectivity index (χ3n) is 5.65. The van der Waals surface area contributed by atoms with Gasteiger partial charge in [-0.05, 0) is 18.2 Å². The number of hydrogen-bond acceptors (Lipinski definition) is 4. The van der Waals surface area contributed by atoms with Crippen LogP contribution in [0, 0.1) is 5.41 Å². The third kappa shape index (κ3) is 2.63. The smallest absolute Gasteiger partial charge is 0.315 e. The van der Waals surface area contributed by atoms with Crippen LogP contribution in [0.5, 0.6) is 5.75 Å². The summed E-state index contributed by atoms with van der Waals surface area (Å²) >= 11 is 0. The van der Waals surface area contributed by atoms with Gasteiger partial charge in [0.15, 0.2) is 0 Å². The molecule has 0 spiro atoms. The maximum atomic E-state index is 13.3. The molecule has 0 aliphatic carbocycles. The number of carbonyl (C=O) groups is 2. The predicted octanol–water partition coefficient (Wildman–Crippen LogP) is 2.46. The molecule has 6 nitrogen and oxygen atoms in total. The van der Waals surface area contributed by atoms with Gasteiger partial charge in [0.1, 0.15) is 17.8 Å². The first-order chi connectivity index (χ1) is 12.9. The van der Waals surface area contributed by atoms with Gasteiger partial charge in [0.05, 0.1) is 5.56 Å². The monoisotopic (exact) mass is 366 g/mol. The number of para-hydroxylation sites is 2. The van der Waals surface area contributed by atoms with Crippen LogP contribution < -0.4 is 9.64 Å². The molecule has 1 N–H and O–H groups in total. The number of amides is 1. The lowest BCUT2D eigenvalue weighted by Crippen LogP contribution is -2.46. The second kappa shape index (κ2) is 6.30. The second-order valence-electron chi connectivity index (χ2n) is 7.44. The minimum absolute atomic E-state index is 0.0725. The molecule has 2 aromatic rings. The number of anilines is 1. The predicted molar refractivity (Wildman–Crippen MR) is 101 cm³/mol. The molecule has 4 rings (SSSR count). The van der Waals surface area contributed by atoms with E-state index in [-0.39, 0.29) is 25.0 Å². The number of ether oxygens (including phenoxy) is 1. The van der Waals surface area contributed by atoms with Crippen LogP contribution in [0.2, 0.25) is 0 Å². The van der Waals surface area contributed by atoms with E-state index in [1.54, 1.807) is 11.0 Å². The van der Waals surface area contributed by atoms with E-state index in [2.05, 4.69) is 0 Å². The number of hydrogen-bond donors (Lipinski definition) is 1. The first-order valence-corrected chi connectivity index (χ1v) is 8.95. The summed E-state index contributed by atoms with van der Waals surface area (Å²) in [6.45, 7) is 0.582. The van der Waals surface area contributed by atoms with E-state index < -0.39 is 11.4 Å². The first kappa shape index (κ1) is 17.4. The Morgan fingerprint density at radius 1 is 1.15 bits per heavy atom. The first-order valence-electron chi connectivity index (χ1n) is 8.95. The Labute approximate surface area is 158 Å². The zero-order chi connectivity index (χ0) is 19.2. The summed E-state index contributed by atoms with van der Waals surface area (Å²) in [6, 6.07) is 14.9. The van der Waals surface area contributed by atoms with Crippen molar-refractivity contribution < 1.29 is 19.4 Å². The molecular weight excluding hydrogens is 344 g/mol. The van der Waals surface area contributed by atoms with Gasteiger partial charge in [0.2, 0.25) is 0 Å². The lowest BCUT2D eigenvalue weighted by Gasteiger charge is -2.35. The largest absolute Gasteiger partial charge is 0.492 e. The lowest BCUT2D eigenvalue weighted by atomic mass is 9.73. The lowest BCUT2D eigenvalue weighted by molar-refractivity contribution is -0.151. The molecule has 0 saturated carbocycles. The highest BCUT2D eigenvalue weighted by Crippen LogP contribution is 2.50. The van der Waals surface area contributed by atoms with E-state index in [0.29, 0.717) is 17.9 Å². The summed E-state index contributed by atoms with van der Waals surface area (Å²) < 4.78 is 5.77. The van der Waals surface area contributed by atoms with E-state index in [1.165, 1.54) is 0 Å². The van der Waals surface area contributed by atoms with Gasteiger partial charge in [-0.15, -0.1) is 0 Å². The highest BCUT2D eigenvalue weighted by molar-refractivity contribution is 6.00. The fourth-order valence-corrected chi connectivity index (χ4v) is 4.21. The molecule has 2 aliphatic heterocycles. The number of rotatable bonds is 3. The minimum Gasteiger partial charge on any atom is -0.492 e. The van der Waals surface area contributed by atoms with E-state index in [0.717, 1.165) is 11.3 Å². The highest BCUT2D eigenvalue weighted by atomic mass is 16.5. The van der Waals surface area contributed by atoms with Gasteiger partial charge in [-0.1, -0.05) is 30.3 Å². The van der Waals surface area contributed by atoms with Crippen molar-refractivity contribution in [3.63, 3.8) is 0 Å². The quantitative estimate of drug-likeness (QED) is 0.904. The van der Waals surface area contributed by atoms with Crippen LogP contribution in [0.1, 0.15) is 21.8 Å². The van der Waals surface area contributed by atoms with Gasteiger partial charge >= 0.3 is 5.97 Å². The molecule has 27 heavy (non-hydrogen) atoms. The molecule has 2 heterocycles. The minimum atomic E-state index is -1.11. The number of benzene rings is 2. The molecule has 0 radical (unpaired) electrons. The maximum Gasteiger partial charge on any atom is 0.315 e. The van der Waals surface area contributed by atoms with Crippen molar-refractivity contribution in [2.45, 2.75) is 5.92 Å². The maximum absolute atomic E-state index is 13.3. The van der Waals surface area contributed by atoms with Crippen LogP contribution in [-0.2, 0) is 4.79 Å². The van der Waals surface area contributed by atoms with E-state index in [9.17, 15) is 14.7 Å². The normalized spacial score (nSPS) is 23.2. The molecule has 140 valence electrons. The fourth-order valence-electron chi connectivity index (χ4n) is 4.21. The van der Waals surface area contributed by atoms with Crippen molar-refractivity contribution in [3.8, 4) is 5.75 Å². The Hall–Kier alpha value is -3.02. The second-order valence-corrected chi connectivity index (χ2v) is 7.44. The van der Waals surface area contributed by atoms with Crippen LogP contribution in [0.25, 0.3) is 0 Å². The number of fused-ring (bicyclic) bond motifs is 3. The number of likely N-dealkylation sites (tertiary alicyclic amines) is 1. The van der Waals surface area contributed by atoms with Gasteiger partial charge in [0.25, 0.3) is 5.91 Å². The molecule has 1 fully saturated rings. The number of carboxylic acid groups (broad SMARTS) is 1. The van der Waals surface area contributed by atoms with E-state index in [4.69, 9.17) is 4.74 Å². The van der Waals surface area contributed by atoms with Crippen molar-refractivity contribution in [1.82, 2.24) is 4.90 Å². The molecular formula is C21H22N2O4. The Kier molecular flexibility index (Phi) is 4.06. The molecule has 6 heteroatoms. The zero-order valence-corrected chi connectivity index (χ0v) is 15.4. The van der Waals surface area contributed by atoms with Gasteiger partial charge in [-0.25, -0.2) is 0 Å². The Bertz CT molecular complexity index is 911. The molecule has 1 saturated heterocycles. The Morgan fingerprint density at radius 2 is 1.85 bits per heavy atom. The topological polar surface area (TPSA) is 70.1 Å². The van der Waals surface area contributed by atoms with Gasteiger partial charge in [-0.3, -0.25) is 9.59 Å². The van der Waals surface area contributed by atoms with Crippen molar-refractivity contribution in [1.29, 1.82) is 0 Å². The van der Waals surface area contributed by atoms with Crippen LogP contribution in [0.3, 0.4) is 0 Å². The average Bonchev–Trinajstić information content (AvgIpc) is 3.09. The van der Waals surface area contributed by atoms with Crippen LogP contribution in [0.4, 0.5) is 5.69 Å². The molecule has 0 bridgehead atoms. The Morgan fingerprint density at radius 3 is 2.59 bits per heavy atom.